The van der Waals surface area contributed by atoms with Gasteiger partial charge in [0.05, 0.1) is 14.2 Å². The van der Waals surface area contributed by atoms with Crippen LogP contribution in [0.4, 0.5) is 5.82 Å². The van der Waals surface area contributed by atoms with E-state index in [-0.39, 0.29) is 0 Å². The van der Waals surface area contributed by atoms with Gasteiger partial charge in [-0.3, -0.25) is 4.90 Å². The highest BCUT2D eigenvalue weighted by Crippen LogP contribution is 2.23. The van der Waals surface area contributed by atoms with Crippen LogP contribution in [0.25, 0.3) is 0 Å². The highest BCUT2D eigenvalue weighted by atomic mass is 16.5. The molecule has 0 radical (unpaired) electrons. The second-order valence-electron chi connectivity index (χ2n) is 6.41. The third kappa shape index (κ3) is 4.39. The number of likely N-dealkylation sites (tertiary alicyclic amines) is 1. The summed E-state index contributed by atoms with van der Waals surface area (Å²) in [5.41, 5.74) is 1.28. The standard InChI is InChI=1S/C19H26N4O2/c1-22(18-11-19(25-3)21-14-20-18)16-7-5-9-23(13-16)12-15-6-4-8-17(10-15)24-2/h4,6,8,10-11,14,16H,5,7,9,12-13H2,1-3H3. The fraction of sp³-hybridized carbons (Fsp3) is 0.474. The lowest BCUT2D eigenvalue weighted by Gasteiger charge is -2.38. The van der Waals surface area contributed by atoms with Crippen molar-refractivity contribution in [1.82, 2.24) is 14.9 Å². The maximum atomic E-state index is 5.33. The van der Waals surface area contributed by atoms with E-state index in [4.69, 9.17) is 9.47 Å². The van der Waals surface area contributed by atoms with E-state index in [0.29, 0.717) is 11.9 Å². The molecule has 2 heterocycles. The van der Waals surface area contributed by atoms with Gasteiger partial charge in [0.1, 0.15) is 17.9 Å². The van der Waals surface area contributed by atoms with Crippen LogP contribution in [0.2, 0.25) is 0 Å². The number of hydrogen-bond acceptors (Lipinski definition) is 6. The molecule has 2 aromatic rings. The minimum Gasteiger partial charge on any atom is -0.497 e. The summed E-state index contributed by atoms with van der Waals surface area (Å²) in [4.78, 5) is 13.2. The molecule has 1 aliphatic heterocycles. The Morgan fingerprint density at radius 2 is 2.08 bits per heavy atom. The largest absolute Gasteiger partial charge is 0.497 e. The van der Waals surface area contributed by atoms with Gasteiger partial charge in [-0.25, -0.2) is 9.97 Å². The molecule has 6 heteroatoms. The highest BCUT2D eigenvalue weighted by molar-refractivity contribution is 5.41. The molecule has 0 spiro atoms. The number of rotatable bonds is 6. The summed E-state index contributed by atoms with van der Waals surface area (Å²) in [6.07, 6.45) is 3.90. The quantitative estimate of drug-likeness (QED) is 0.804. The van der Waals surface area contributed by atoms with E-state index >= 15 is 0 Å². The van der Waals surface area contributed by atoms with Gasteiger partial charge in [-0.05, 0) is 37.1 Å². The summed E-state index contributed by atoms with van der Waals surface area (Å²) in [5.74, 6) is 2.41. The number of ether oxygens (including phenoxy) is 2. The molecule has 0 aliphatic carbocycles. The minimum atomic E-state index is 0.430. The van der Waals surface area contributed by atoms with Crippen LogP contribution >= 0.6 is 0 Å². The summed E-state index contributed by atoms with van der Waals surface area (Å²) in [6.45, 7) is 3.07. The van der Waals surface area contributed by atoms with Crippen LogP contribution in [0.3, 0.4) is 0 Å². The molecule has 134 valence electrons. The van der Waals surface area contributed by atoms with E-state index in [1.165, 1.54) is 12.0 Å². The van der Waals surface area contributed by atoms with Gasteiger partial charge < -0.3 is 14.4 Å². The average Bonchev–Trinajstić information content (AvgIpc) is 2.68. The molecule has 1 aromatic heterocycles. The molecule has 1 fully saturated rings. The zero-order valence-electron chi connectivity index (χ0n) is 15.2. The van der Waals surface area contributed by atoms with Gasteiger partial charge in [0.25, 0.3) is 0 Å². The number of nitrogens with zero attached hydrogens (tertiary/aromatic N) is 4. The van der Waals surface area contributed by atoms with Gasteiger partial charge in [-0.2, -0.15) is 0 Å². The number of anilines is 1. The molecule has 1 unspecified atom stereocenters. The normalized spacial score (nSPS) is 18.0. The topological polar surface area (TPSA) is 50.7 Å². The molecule has 1 atom stereocenters. The molecule has 1 aliphatic rings. The van der Waals surface area contributed by atoms with E-state index in [9.17, 15) is 0 Å². The highest BCUT2D eigenvalue weighted by Gasteiger charge is 2.24. The van der Waals surface area contributed by atoms with Crippen LogP contribution in [-0.4, -0.2) is 55.3 Å². The van der Waals surface area contributed by atoms with Crippen LogP contribution in [-0.2, 0) is 6.54 Å². The fourth-order valence-corrected chi connectivity index (χ4v) is 3.34. The first-order valence-electron chi connectivity index (χ1n) is 8.63. The van der Waals surface area contributed by atoms with Crippen molar-refractivity contribution in [3.8, 4) is 11.6 Å². The van der Waals surface area contributed by atoms with Crippen LogP contribution in [0.1, 0.15) is 18.4 Å². The number of piperidine rings is 1. The lowest BCUT2D eigenvalue weighted by Crippen LogP contribution is -2.46. The van der Waals surface area contributed by atoms with Crippen molar-refractivity contribution in [3.05, 3.63) is 42.2 Å². The molecule has 1 aromatic carbocycles. The van der Waals surface area contributed by atoms with Crippen molar-refractivity contribution in [2.75, 3.05) is 39.3 Å². The van der Waals surface area contributed by atoms with Gasteiger partial charge in [0, 0.05) is 32.2 Å². The number of aromatic nitrogens is 2. The van der Waals surface area contributed by atoms with Crippen molar-refractivity contribution in [2.24, 2.45) is 0 Å². The Balaban J connectivity index is 1.65. The van der Waals surface area contributed by atoms with Crippen LogP contribution < -0.4 is 14.4 Å². The van der Waals surface area contributed by atoms with Gasteiger partial charge in [-0.1, -0.05) is 12.1 Å². The van der Waals surface area contributed by atoms with Crippen LogP contribution in [0, 0.1) is 0 Å². The second-order valence-corrected chi connectivity index (χ2v) is 6.41. The predicted molar refractivity (Wildman–Crippen MR) is 98.3 cm³/mol. The smallest absolute Gasteiger partial charge is 0.218 e. The lowest BCUT2D eigenvalue weighted by atomic mass is 10.0. The Bertz CT molecular complexity index is 695. The maximum Gasteiger partial charge on any atom is 0.218 e. The zero-order valence-corrected chi connectivity index (χ0v) is 15.2. The van der Waals surface area contributed by atoms with Crippen molar-refractivity contribution in [3.63, 3.8) is 0 Å². The molecule has 0 amide bonds. The molecular weight excluding hydrogens is 316 g/mol. The van der Waals surface area contributed by atoms with Crippen molar-refractivity contribution in [2.45, 2.75) is 25.4 Å². The van der Waals surface area contributed by atoms with Crippen LogP contribution in [0.15, 0.2) is 36.7 Å². The minimum absolute atomic E-state index is 0.430. The van der Waals surface area contributed by atoms with Gasteiger partial charge in [-0.15, -0.1) is 0 Å². The van der Waals surface area contributed by atoms with E-state index in [2.05, 4.69) is 45.0 Å². The average molecular weight is 342 g/mol. The first-order chi connectivity index (χ1) is 12.2. The van der Waals surface area contributed by atoms with E-state index in [1.807, 2.05) is 12.1 Å². The summed E-state index contributed by atoms with van der Waals surface area (Å²) in [6, 6.07) is 10.6. The Kier molecular flexibility index (Phi) is 5.71. The molecule has 0 saturated carbocycles. The Hall–Kier alpha value is -2.34. The third-order valence-corrected chi connectivity index (χ3v) is 4.77. The van der Waals surface area contributed by atoms with E-state index in [1.54, 1.807) is 20.5 Å². The number of benzene rings is 1. The predicted octanol–water partition coefficient (Wildman–Crippen LogP) is 2.59. The molecule has 1 saturated heterocycles. The molecule has 25 heavy (non-hydrogen) atoms. The van der Waals surface area contributed by atoms with E-state index in [0.717, 1.165) is 37.6 Å². The Morgan fingerprint density at radius 1 is 1.20 bits per heavy atom. The molecule has 0 N–H and O–H groups in total. The zero-order chi connectivity index (χ0) is 17.6. The van der Waals surface area contributed by atoms with E-state index < -0.39 is 0 Å². The molecular formula is C19H26N4O2. The SMILES string of the molecule is COc1cccc(CN2CCCC(N(C)c3cc(OC)ncn3)C2)c1. The maximum absolute atomic E-state index is 5.33. The summed E-state index contributed by atoms with van der Waals surface area (Å²) in [5, 5.41) is 0. The Morgan fingerprint density at radius 3 is 2.88 bits per heavy atom. The first-order valence-corrected chi connectivity index (χ1v) is 8.63. The fourth-order valence-electron chi connectivity index (χ4n) is 3.34. The molecule has 0 bridgehead atoms. The Labute approximate surface area is 149 Å². The number of hydrogen-bond donors (Lipinski definition) is 0. The molecule has 6 nitrogen and oxygen atoms in total. The van der Waals surface area contributed by atoms with Crippen LogP contribution in [0.5, 0.6) is 11.6 Å². The summed E-state index contributed by atoms with van der Waals surface area (Å²) >= 11 is 0. The summed E-state index contributed by atoms with van der Waals surface area (Å²) < 4.78 is 10.5. The monoisotopic (exact) mass is 342 g/mol. The van der Waals surface area contributed by atoms with Gasteiger partial charge >= 0.3 is 0 Å². The number of methoxy groups -OCH3 is 2. The first kappa shape index (κ1) is 17.5. The second kappa shape index (κ2) is 8.16. The summed E-state index contributed by atoms with van der Waals surface area (Å²) in [7, 11) is 5.44. The van der Waals surface area contributed by atoms with Crippen molar-refractivity contribution >= 4 is 5.82 Å². The lowest BCUT2D eigenvalue weighted by molar-refractivity contribution is 0.198. The van der Waals surface area contributed by atoms with Gasteiger partial charge in [0.15, 0.2) is 0 Å². The molecule has 3 rings (SSSR count). The van der Waals surface area contributed by atoms with Crippen molar-refractivity contribution < 1.29 is 9.47 Å². The third-order valence-electron chi connectivity index (χ3n) is 4.77. The number of likely N-dealkylation sites (N-methyl/N-ethyl adjacent to an activating group) is 1. The van der Waals surface area contributed by atoms with Crippen molar-refractivity contribution in [1.29, 1.82) is 0 Å². The van der Waals surface area contributed by atoms with Gasteiger partial charge in [0.2, 0.25) is 5.88 Å².